The van der Waals surface area contributed by atoms with Crippen LogP contribution in [-0.4, -0.2) is 34.7 Å². The number of hydrogen-bond donors (Lipinski definition) is 2. The Morgan fingerprint density at radius 3 is 2.55 bits per heavy atom. The Morgan fingerprint density at radius 1 is 1.09 bits per heavy atom. The quantitative estimate of drug-likeness (QED) is 0.852. The number of phenols is 2. The molecule has 0 spiro atoms. The van der Waals surface area contributed by atoms with E-state index in [9.17, 15) is 10.2 Å². The predicted molar refractivity (Wildman–Crippen MR) is 88.5 cm³/mol. The average Bonchev–Trinajstić information content (AvgIpc) is 2.70. The molecule has 0 bridgehead atoms. The van der Waals surface area contributed by atoms with Crippen molar-refractivity contribution in [3.05, 3.63) is 59.2 Å². The standard InChI is InChI=1S/C19H23NO2/c1-2-9-20-10-8-15-11-18(21)19(22)12-16(15)17(13-20)14-6-4-3-5-7-14/h3-7,11-12,17,21-22H,2,8-10,13H2,1H3. The first kappa shape index (κ1) is 14.9. The van der Waals surface area contributed by atoms with Crippen molar-refractivity contribution in [2.45, 2.75) is 25.7 Å². The van der Waals surface area contributed by atoms with Gasteiger partial charge in [0.1, 0.15) is 0 Å². The third-order valence-corrected chi connectivity index (χ3v) is 4.49. The summed E-state index contributed by atoms with van der Waals surface area (Å²) in [7, 11) is 0. The Balaban J connectivity index is 2.06. The summed E-state index contributed by atoms with van der Waals surface area (Å²) >= 11 is 0. The van der Waals surface area contributed by atoms with Crippen LogP contribution >= 0.6 is 0 Å². The number of hydrogen-bond acceptors (Lipinski definition) is 3. The average molecular weight is 297 g/mol. The first-order chi connectivity index (χ1) is 10.7. The zero-order valence-corrected chi connectivity index (χ0v) is 13.0. The minimum Gasteiger partial charge on any atom is -0.504 e. The Kier molecular flexibility index (Phi) is 4.34. The van der Waals surface area contributed by atoms with E-state index in [1.807, 2.05) is 6.07 Å². The molecule has 0 saturated carbocycles. The summed E-state index contributed by atoms with van der Waals surface area (Å²) < 4.78 is 0. The van der Waals surface area contributed by atoms with Crippen LogP contribution in [0.5, 0.6) is 11.5 Å². The summed E-state index contributed by atoms with van der Waals surface area (Å²) in [6.45, 7) is 5.23. The van der Waals surface area contributed by atoms with Gasteiger partial charge in [-0.05, 0) is 48.2 Å². The molecule has 1 heterocycles. The molecule has 22 heavy (non-hydrogen) atoms. The van der Waals surface area contributed by atoms with E-state index in [1.54, 1.807) is 12.1 Å². The summed E-state index contributed by atoms with van der Waals surface area (Å²) in [6, 6.07) is 13.9. The van der Waals surface area contributed by atoms with Crippen molar-refractivity contribution < 1.29 is 10.2 Å². The lowest BCUT2D eigenvalue weighted by Crippen LogP contribution is -2.29. The van der Waals surface area contributed by atoms with E-state index in [2.05, 4.69) is 36.1 Å². The minimum absolute atomic E-state index is 0.0190. The SMILES string of the molecule is CCCN1CCc2cc(O)c(O)cc2C(c2ccccc2)C1. The van der Waals surface area contributed by atoms with Crippen LogP contribution in [0.1, 0.15) is 36.0 Å². The van der Waals surface area contributed by atoms with Gasteiger partial charge in [0.05, 0.1) is 0 Å². The first-order valence-electron chi connectivity index (χ1n) is 8.01. The molecule has 1 aliphatic heterocycles. The van der Waals surface area contributed by atoms with E-state index >= 15 is 0 Å². The van der Waals surface area contributed by atoms with Gasteiger partial charge in [-0.25, -0.2) is 0 Å². The molecule has 3 nitrogen and oxygen atoms in total. The molecule has 1 unspecified atom stereocenters. The van der Waals surface area contributed by atoms with Crippen LogP contribution in [0.25, 0.3) is 0 Å². The van der Waals surface area contributed by atoms with Gasteiger partial charge in [-0.3, -0.25) is 0 Å². The smallest absolute Gasteiger partial charge is 0.157 e. The summed E-state index contributed by atoms with van der Waals surface area (Å²) in [5.74, 6) is 0.190. The van der Waals surface area contributed by atoms with E-state index in [4.69, 9.17) is 0 Å². The summed E-state index contributed by atoms with van der Waals surface area (Å²) in [6.07, 6.45) is 2.04. The molecular formula is C19H23NO2. The second-order valence-electron chi connectivity index (χ2n) is 6.05. The van der Waals surface area contributed by atoms with Crippen LogP contribution in [-0.2, 0) is 6.42 Å². The Labute approximate surface area is 131 Å². The van der Waals surface area contributed by atoms with Crippen LogP contribution in [0.2, 0.25) is 0 Å². The van der Waals surface area contributed by atoms with E-state index in [-0.39, 0.29) is 17.4 Å². The molecule has 116 valence electrons. The molecule has 0 aliphatic carbocycles. The number of nitrogens with zero attached hydrogens (tertiary/aromatic N) is 1. The van der Waals surface area contributed by atoms with Gasteiger partial charge in [-0.15, -0.1) is 0 Å². The van der Waals surface area contributed by atoms with Crippen LogP contribution in [0.4, 0.5) is 0 Å². The molecule has 0 radical (unpaired) electrons. The van der Waals surface area contributed by atoms with Gasteiger partial charge in [0.15, 0.2) is 11.5 Å². The second-order valence-corrected chi connectivity index (χ2v) is 6.05. The lowest BCUT2D eigenvalue weighted by molar-refractivity contribution is 0.277. The Morgan fingerprint density at radius 2 is 1.82 bits per heavy atom. The summed E-state index contributed by atoms with van der Waals surface area (Å²) in [5.41, 5.74) is 3.54. The summed E-state index contributed by atoms with van der Waals surface area (Å²) in [5, 5.41) is 19.8. The normalized spacial score (nSPS) is 18.7. The molecule has 2 aromatic carbocycles. The van der Waals surface area contributed by atoms with Crippen molar-refractivity contribution in [1.29, 1.82) is 0 Å². The minimum atomic E-state index is -0.0244. The fraction of sp³-hybridized carbons (Fsp3) is 0.368. The molecule has 0 amide bonds. The fourth-order valence-corrected chi connectivity index (χ4v) is 3.39. The maximum Gasteiger partial charge on any atom is 0.157 e. The molecular weight excluding hydrogens is 274 g/mol. The van der Waals surface area contributed by atoms with Gasteiger partial charge < -0.3 is 15.1 Å². The van der Waals surface area contributed by atoms with E-state index in [1.165, 1.54) is 5.56 Å². The van der Waals surface area contributed by atoms with Gasteiger partial charge in [-0.2, -0.15) is 0 Å². The van der Waals surface area contributed by atoms with Crippen LogP contribution < -0.4 is 0 Å². The van der Waals surface area contributed by atoms with Crippen molar-refractivity contribution in [1.82, 2.24) is 4.90 Å². The van der Waals surface area contributed by atoms with Gasteiger partial charge in [0.25, 0.3) is 0 Å². The topological polar surface area (TPSA) is 43.7 Å². The number of rotatable bonds is 3. The molecule has 3 heteroatoms. The lowest BCUT2D eigenvalue weighted by Gasteiger charge is -2.25. The molecule has 0 saturated heterocycles. The first-order valence-corrected chi connectivity index (χ1v) is 8.01. The largest absolute Gasteiger partial charge is 0.504 e. The maximum atomic E-state index is 9.94. The van der Waals surface area contributed by atoms with Crippen molar-refractivity contribution >= 4 is 0 Å². The fourth-order valence-electron chi connectivity index (χ4n) is 3.39. The van der Waals surface area contributed by atoms with Crippen LogP contribution in [0, 0.1) is 0 Å². The van der Waals surface area contributed by atoms with Crippen molar-refractivity contribution in [3.63, 3.8) is 0 Å². The Bertz CT molecular complexity index is 639. The third-order valence-electron chi connectivity index (χ3n) is 4.49. The molecule has 1 aliphatic rings. The van der Waals surface area contributed by atoms with Gasteiger partial charge in [0.2, 0.25) is 0 Å². The maximum absolute atomic E-state index is 9.94. The molecule has 0 aromatic heterocycles. The highest BCUT2D eigenvalue weighted by atomic mass is 16.3. The number of benzene rings is 2. The highest BCUT2D eigenvalue weighted by Crippen LogP contribution is 2.37. The highest BCUT2D eigenvalue weighted by Gasteiger charge is 2.25. The predicted octanol–water partition coefficient (Wildman–Crippen LogP) is 3.50. The lowest BCUT2D eigenvalue weighted by atomic mass is 9.87. The number of aromatic hydroxyl groups is 2. The zero-order valence-electron chi connectivity index (χ0n) is 13.0. The molecule has 3 rings (SSSR count). The zero-order chi connectivity index (χ0) is 15.5. The van der Waals surface area contributed by atoms with Crippen LogP contribution in [0.3, 0.4) is 0 Å². The monoisotopic (exact) mass is 297 g/mol. The van der Waals surface area contributed by atoms with E-state index in [0.717, 1.165) is 43.6 Å². The van der Waals surface area contributed by atoms with E-state index < -0.39 is 0 Å². The molecule has 2 N–H and O–H groups in total. The van der Waals surface area contributed by atoms with E-state index in [0.29, 0.717) is 0 Å². The van der Waals surface area contributed by atoms with Gasteiger partial charge in [0, 0.05) is 19.0 Å². The second kappa shape index (κ2) is 6.41. The van der Waals surface area contributed by atoms with Gasteiger partial charge in [-0.1, -0.05) is 37.3 Å². The van der Waals surface area contributed by atoms with Crippen molar-refractivity contribution in [3.8, 4) is 11.5 Å². The summed E-state index contributed by atoms with van der Waals surface area (Å²) in [4.78, 5) is 2.48. The Hall–Kier alpha value is -2.00. The van der Waals surface area contributed by atoms with Crippen molar-refractivity contribution in [2.75, 3.05) is 19.6 Å². The molecule has 2 aromatic rings. The number of phenolic OH excluding ortho intramolecular Hbond substituents is 2. The van der Waals surface area contributed by atoms with Crippen molar-refractivity contribution in [2.24, 2.45) is 0 Å². The molecule has 1 atom stereocenters. The van der Waals surface area contributed by atoms with Gasteiger partial charge >= 0.3 is 0 Å². The number of fused-ring (bicyclic) bond motifs is 1. The van der Waals surface area contributed by atoms with Crippen LogP contribution in [0.15, 0.2) is 42.5 Å². The third kappa shape index (κ3) is 2.95. The molecule has 0 fully saturated rings. The highest BCUT2D eigenvalue weighted by molar-refractivity contribution is 5.50.